The molecule has 2 nitrogen and oxygen atoms in total. The lowest BCUT2D eigenvalue weighted by Crippen LogP contribution is -2.41. The Labute approximate surface area is 75.0 Å². The number of nitriles is 2. The molecule has 0 heterocycles. The quantitative estimate of drug-likeness (QED) is 0.552. The van der Waals surface area contributed by atoms with Crippen LogP contribution in [0.15, 0.2) is 0 Å². The molecule has 3 heteroatoms. The van der Waals surface area contributed by atoms with Gasteiger partial charge in [-0.3, -0.25) is 0 Å². The van der Waals surface area contributed by atoms with Gasteiger partial charge < -0.3 is 0 Å². The van der Waals surface area contributed by atoms with Crippen molar-refractivity contribution in [2.45, 2.75) is 6.17 Å². The van der Waals surface area contributed by atoms with E-state index in [9.17, 15) is 4.39 Å². The molecule has 0 aromatic heterocycles. The van der Waals surface area contributed by atoms with Crippen molar-refractivity contribution >= 4 is 0 Å². The standard InChI is InChI=1S/C10H7FN2/c11-9-7-5-3(1-12)4(5)6-8(9)10(6,7)2-13/h3-9H/t3-,4-,5+,6+,7+,8+,9-,10+/m0/s1. The number of alkyl halides is 1. The van der Waals surface area contributed by atoms with Crippen LogP contribution in [-0.4, -0.2) is 6.17 Å². The minimum atomic E-state index is -0.760. The fraction of sp³-hybridized carbons (Fsp3) is 0.800. The molecule has 8 atom stereocenters. The number of halogens is 1. The van der Waals surface area contributed by atoms with E-state index in [4.69, 9.17) is 10.5 Å². The Morgan fingerprint density at radius 2 is 1.77 bits per heavy atom. The van der Waals surface area contributed by atoms with Gasteiger partial charge in [0.25, 0.3) is 0 Å². The largest absolute Gasteiger partial charge is 0.247 e. The molecule has 0 aromatic carbocycles. The van der Waals surface area contributed by atoms with Gasteiger partial charge in [-0.15, -0.1) is 0 Å². The van der Waals surface area contributed by atoms with Gasteiger partial charge >= 0.3 is 0 Å². The summed E-state index contributed by atoms with van der Waals surface area (Å²) < 4.78 is 13.4. The van der Waals surface area contributed by atoms with Crippen LogP contribution in [0.5, 0.6) is 0 Å². The number of hydrogen-bond acceptors (Lipinski definition) is 2. The van der Waals surface area contributed by atoms with E-state index in [2.05, 4.69) is 12.1 Å². The zero-order chi connectivity index (χ0) is 8.96. The topological polar surface area (TPSA) is 47.6 Å². The average Bonchev–Trinajstić information content (AvgIpc) is 2.97. The van der Waals surface area contributed by atoms with E-state index in [-0.39, 0.29) is 35.0 Å². The van der Waals surface area contributed by atoms with E-state index in [1.807, 2.05) is 0 Å². The van der Waals surface area contributed by atoms with Crippen molar-refractivity contribution in [2.75, 3.05) is 0 Å². The van der Waals surface area contributed by atoms with Gasteiger partial charge in [-0.2, -0.15) is 10.5 Å². The fourth-order valence-corrected chi connectivity index (χ4v) is 4.51. The summed E-state index contributed by atoms with van der Waals surface area (Å²) in [7, 11) is 0. The van der Waals surface area contributed by atoms with Crippen LogP contribution in [0.4, 0.5) is 4.39 Å². The Hall–Kier alpha value is -1.09. The van der Waals surface area contributed by atoms with Crippen molar-refractivity contribution in [1.82, 2.24) is 0 Å². The van der Waals surface area contributed by atoms with Crippen molar-refractivity contribution in [3.8, 4) is 12.1 Å². The highest BCUT2D eigenvalue weighted by Crippen LogP contribution is 2.92. The smallest absolute Gasteiger partial charge is 0.109 e. The van der Waals surface area contributed by atoms with Gasteiger partial charge in [0.2, 0.25) is 0 Å². The first-order chi connectivity index (χ1) is 6.29. The maximum absolute atomic E-state index is 13.4. The zero-order valence-electron chi connectivity index (χ0n) is 6.81. The van der Waals surface area contributed by atoms with Gasteiger partial charge in [-0.25, -0.2) is 4.39 Å². The van der Waals surface area contributed by atoms with E-state index in [0.29, 0.717) is 5.92 Å². The van der Waals surface area contributed by atoms with Crippen molar-refractivity contribution in [1.29, 1.82) is 10.5 Å². The van der Waals surface area contributed by atoms with E-state index < -0.39 is 6.17 Å². The number of rotatable bonds is 0. The van der Waals surface area contributed by atoms with Gasteiger partial charge in [-0.05, 0) is 17.8 Å². The normalized spacial score (nSPS) is 73.9. The first-order valence-corrected chi connectivity index (χ1v) is 4.74. The molecule has 64 valence electrons. The van der Waals surface area contributed by atoms with Gasteiger partial charge in [0.05, 0.1) is 23.5 Å². The highest BCUT2D eigenvalue weighted by molar-refractivity contribution is 5.47. The lowest BCUT2D eigenvalue weighted by atomic mass is 9.69. The molecule has 0 unspecified atom stereocenters. The van der Waals surface area contributed by atoms with Crippen LogP contribution in [0.2, 0.25) is 0 Å². The summed E-state index contributed by atoms with van der Waals surface area (Å²) in [5.74, 6) is 0.930. The third-order valence-corrected chi connectivity index (χ3v) is 4.92. The maximum Gasteiger partial charge on any atom is 0.109 e. The van der Waals surface area contributed by atoms with Crippen molar-refractivity contribution in [3.63, 3.8) is 0 Å². The molecule has 0 N–H and O–H groups in total. The van der Waals surface area contributed by atoms with E-state index in [0.717, 1.165) is 0 Å². The van der Waals surface area contributed by atoms with E-state index in [1.54, 1.807) is 0 Å². The van der Waals surface area contributed by atoms with Crippen LogP contribution in [0.25, 0.3) is 0 Å². The van der Waals surface area contributed by atoms with Crippen LogP contribution in [0, 0.1) is 63.6 Å². The summed E-state index contributed by atoms with van der Waals surface area (Å²) in [6.07, 6.45) is -0.760. The number of nitrogens with zero attached hydrogens (tertiary/aromatic N) is 2. The van der Waals surface area contributed by atoms with Gasteiger partial charge in [0.15, 0.2) is 0 Å². The highest BCUT2D eigenvalue weighted by atomic mass is 19.1. The Balaban J connectivity index is 1.80. The molecular weight excluding hydrogens is 167 g/mol. The second-order valence-corrected chi connectivity index (χ2v) is 4.88. The van der Waals surface area contributed by atoms with E-state index in [1.165, 1.54) is 0 Å². The lowest BCUT2D eigenvalue weighted by Gasteiger charge is -2.34. The van der Waals surface area contributed by atoms with Crippen LogP contribution in [-0.2, 0) is 0 Å². The van der Waals surface area contributed by atoms with Crippen molar-refractivity contribution in [3.05, 3.63) is 0 Å². The summed E-state index contributed by atoms with van der Waals surface area (Å²) in [6.45, 7) is 0. The maximum atomic E-state index is 13.4. The van der Waals surface area contributed by atoms with Gasteiger partial charge in [0, 0.05) is 11.8 Å². The molecule has 0 aliphatic heterocycles. The third kappa shape index (κ3) is 0.348. The third-order valence-electron chi connectivity index (χ3n) is 4.92. The zero-order valence-corrected chi connectivity index (χ0v) is 6.81. The summed E-state index contributed by atoms with van der Waals surface area (Å²) in [4.78, 5) is 0. The molecule has 4 rings (SSSR count). The predicted octanol–water partition coefficient (Wildman–Crippen LogP) is 1.11. The number of hydrogen-bond donors (Lipinski definition) is 0. The Morgan fingerprint density at radius 1 is 1.08 bits per heavy atom. The van der Waals surface area contributed by atoms with E-state index >= 15 is 0 Å². The van der Waals surface area contributed by atoms with Crippen LogP contribution < -0.4 is 0 Å². The molecule has 4 aliphatic rings. The predicted molar refractivity (Wildman–Crippen MR) is 39.5 cm³/mol. The molecule has 0 radical (unpaired) electrons. The molecular formula is C10H7FN2. The molecule has 13 heavy (non-hydrogen) atoms. The van der Waals surface area contributed by atoms with Crippen LogP contribution in [0.1, 0.15) is 0 Å². The lowest BCUT2D eigenvalue weighted by molar-refractivity contribution is 0.0366. The average molecular weight is 174 g/mol. The summed E-state index contributed by atoms with van der Waals surface area (Å²) >= 11 is 0. The van der Waals surface area contributed by atoms with Gasteiger partial charge in [-0.1, -0.05) is 0 Å². The van der Waals surface area contributed by atoms with Crippen LogP contribution in [0.3, 0.4) is 0 Å². The minimum Gasteiger partial charge on any atom is -0.247 e. The molecule has 0 amide bonds. The first kappa shape index (κ1) is 6.38. The fourth-order valence-electron chi connectivity index (χ4n) is 4.51. The van der Waals surface area contributed by atoms with Crippen LogP contribution >= 0.6 is 0 Å². The second kappa shape index (κ2) is 1.38. The highest BCUT2D eigenvalue weighted by Gasteiger charge is 2.96. The Kier molecular flexibility index (Phi) is 0.675. The van der Waals surface area contributed by atoms with Gasteiger partial charge in [0.1, 0.15) is 6.17 Å². The monoisotopic (exact) mass is 174 g/mol. The second-order valence-electron chi connectivity index (χ2n) is 4.88. The first-order valence-electron chi connectivity index (χ1n) is 4.74. The molecule has 0 aromatic rings. The van der Waals surface area contributed by atoms with Crippen molar-refractivity contribution < 1.29 is 4.39 Å². The molecule has 4 fully saturated rings. The summed E-state index contributed by atoms with van der Waals surface area (Å²) in [5, 5.41) is 17.8. The summed E-state index contributed by atoms with van der Waals surface area (Å²) in [6, 6.07) is 4.54. The molecule has 0 spiro atoms. The number of fused-ring (bicyclic) bond motifs is 4. The Bertz CT molecular complexity index is 406. The molecule has 0 saturated heterocycles. The summed E-state index contributed by atoms with van der Waals surface area (Å²) in [5.41, 5.74) is -0.290. The minimum absolute atomic E-state index is 0.0158. The molecule has 4 aliphatic carbocycles. The van der Waals surface area contributed by atoms with Crippen molar-refractivity contribution in [2.24, 2.45) is 40.9 Å². The molecule has 4 saturated carbocycles. The Morgan fingerprint density at radius 3 is 2.31 bits per heavy atom. The molecule has 0 bridgehead atoms. The SMILES string of the molecule is N#C[C@@H]1[C@@H]2[C@H]1[C@@H]1[C@@H]3[C@@H](F)[C@@H]2[C@@]13C#N.